The maximum Gasteiger partial charge on any atom is 0.306 e. The number of hydrogen-bond acceptors (Lipinski definition) is 16. The molecule has 20 nitrogen and oxygen atoms in total. The van der Waals surface area contributed by atoms with Crippen LogP contribution in [0.15, 0.2) is 17.5 Å². The molecule has 0 saturated carbocycles. The van der Waals surface area contributed by atoms with E-state index in [2.05, 4.69) is 30.7 Å². The number of rotatable bonds is 33. The van der Waals surface area contributed by atoms with Gasteiger partial charge in [0, 0.05) is 43.7 Å². The molecule has 0 fully saturated rings. The van der Waals surface area contributed by atoms with Gasteiger partial charge in [-0.1, -0.05) is 22.0 Å². The zero-order valence-corrected chi connectivity index (χ0v) is 35.5. The highest BCUT2D eigenvalue weighted by molar-refractivity contribution is 5.70. The van der Waals surface area contributed by atoms with E-state index in [0.29, 0.717) is 137 Å². The Labute approximate surface area is 342 Å². The van der Waals surface area contributed by atoms with E-state index in [1.807, 2.05) is 47.7 Å². The summed E-state index contributed by atoms with van der Waals surface area (Å²) in [5.41, 5.74) is 8.61. The van der Waals surface area contributed by atoms with Gasteiger partial charge in [-0.2, -0.15) is 0 Å². The van der Waals surface area contributed by atoms with Crippen LogP contribution in [0.1, 0.15) is 103 Å². The molecular formula is C38H67N9O11. The van der Waals surface area contributed by atoms with Gasteiger partial charge in [-0.3, -0.25) is 14.4 Å². The topological polar surface area (TPSA) is 235 Å². The highest BCUT2D eigenvalue weighted by atomic mass is 16.6. The number of aldehydes is 1. The van der Waals surface area contributed by atoms with Gasteiger partial charge in [-0.25, -0.2) is 9.36 Å². The van der Waals surface area contributed by atoms with E-state index >= 15 is 0 Å². The van der Waals surface area contributed by atoms with E-state index in [9.17, 15) is 14.4 Å². The van der Waals surface area contributed by atoms with E-state index in [-0.39, 0.29) is 11.9 Å². The van der Waals surface area contributed by atoms with Crippen LogP contribution in [0.2, 0.25) is 0 Å². The molecule has 0 aliphatic heterocycles. The highest BCUT2D eigenvalue weighted by Crippen LogP contribution is 2.10. The number of ether oxygens (including phenoxy) is 8. The van der Waals surface area contributed by atoms with Crippen molar-refractivity contribution in [3.8, 4) is 0 Å². The number of aryl methyl sites for hydroxylation is 1. The fraction of sp³-hybridized carbons (Fsp3) is 0.816. The van der Waals surface area contributed by atoms with Crippen LogP contribution in [0.3, 0.4) is 0 Å². The summed E-state index contributed by atoms with van der Waals surface area (Å²) in [6, 6.07) is 0. The van der Waals surface area contributed by atoms with Crippen molar-refractivity contribution in [2.24, 2.45) is 5.11 Å². The second-order valence-electron chi connectivity index (χ2n) is 14.8. The Morgan fingerprint density at radius 3 is 1.53 bits per heavy atom. The number of hydrogen-bond donors (Lipinski definition) is 0. The van der Waals surface area contributed by atoms with Crippen LogP contribution < -0.4 is 0 Å². The maximum absolute atomic E-state index is 11.6. The first-order chi connectivity index (χ1) is 27.8. The van der Waals surface area contributed by atoms with Crippen molar-refractivity contribution >= 4 is 18.2 Å². The van der Waals surface area contributed by atoms with Gasteiger partial charge in [0.2, 0.25) is 0 Å². The van der Waals surface area contributed by atoms with Gasteiger partial charge < -0.3 is 37.9 Å². The van der Waals surface area contributed by atoms with E-state index in [1.54, 1.807) is 15.6 Å². The van der Waals surface area contributed by atoms with Crippen molar-refractivity contribution in [3.63, 3.8) is 0 Å². The lowest BCUT2D eigenvalue weighted by Gasteiger charge is -2.19. The summed E-state index contributed by atoms with van der Waals surface area (Å²) in [4.78, 5) is 36.2. The monoisotopic (exact) mass is 825 g/mol. The molecule has 0 atom stereocenters. The Morgan fingerprint density at radius 1 is 0.638 bits per heavy atom. The minimum Gasteiger partial charge on any atom is -0.460 e. The molecule has 0 spiro atoms. The van der Waals surface area contributed by atoms with Crippen molar-refractivity contribution in [1.82, 2.24) is 30.0 Å². The molecule has 0 aliphatic carbocycles. The molecule has 0 bridgehead atoms. The number of nitrogens with zero attached hydrogens (tertiary/aromatic N) is 9. The maximum atomic E-state index is 11.6. The molecular weight excluding hydrogens is 758 g/mol. The summed E-state index contributed by atoms with van der Waals surface area (Å²) in [7, 11) is 0. The van der Waals surface area contributed by atoms with E-state index < -0.39 is 11.2 Å². The molecule has 2 heterocycles. The van der Waals surface area contributed by atoms with Crippen molar-refractivity contribution in [2.45, 2.75) is 117 Å². The van der Waals surface area contributed by atoms with Gasteiger partial charge in [0.15, 0.2) is 6.29 Å². The molecule has 0 unspecified atom stereocenters. The second-order valence-corrected chi connectivity index (χ2v) is 14.8. The molecule has 20 heteroatoms. The molecule has 0 N–H and O–H groups in total. The Hall–Kier alpha value is -4.04. The van der Waals surface area contributed by atoms with Crippen LogP contribution in [0.4, 0.5) is 0 Å². The molecule has 0 amide bonds. The predicted molar refractivity (Wildman–Crippen MR) is 212 cm³/mol. The Balaban J connectivity index is 0.000000593. The molecule has 0 radical (unpaired) electrons. The van der Waals surface area contributed by atoms with Crippen LogP contribution in [0.25, 0.3) is 10.4 Å². The lowest BCUT2D eigenvalue weighted by atomic mass is 10.1. The summed E-state index contributed by atoms with van der Waals surface area (Å²) in [5, 5.41) is 19.2. The fourth-order valence-electron chi connectivity index (χ4n) is 4.57. The average Bonchev–Trinajstić information content (AvgIpc) is 3.82. The van der Waals surface area contributed by atoms with E-state index in [0.717, 1.165) is 31.4 Å². The molecule has 0 aliphatic rings. The summed E-state index contributed by atoms with van der Waals surface area (Å²) in [6.45, 7) is 18.7. The smallest absolute Gasteiger partial charge is 0.306 e. The molecule has 330 valence electrons. The van der Waals surface area contributed by atoms with Crippen LogP contribution in [-0.2, 0) is 67.0 Å². The van der Waals surface area contributed by atoms with E-state index in [1.165, 1.54) is 0 Å². The SMILES string of the molecule is CC(C)(C)OC(=O)CCCOCCOCCOCCn1cc(C=O)nn1.CC(C)(C)OC(=O)CCCOCCOCCOCCn1cc(CCCCCN=[N+]=[N-])nn1. The van der Waals surface area contributed by atoms with Crippen molar-refractivity contribution < 1.29 is 52.3 Å². The number of aromatic nitrogens is 6. The Bertz CT molecular complexity index is 1400. The molecule has 58 heavy (non-hydrogen) atoms. The van der Waals surface area contributed by atoms with Gasteiger partial charge in [0.25, 0.3) is 0 Å². The molecule has 0 saturated heterocycles. The summed E-state index contributed by atoms with van der Waals surface area (Å²) >= 11 is 0. The fourth-order valence-corrected chi connectivity index (χ4v) is 4.57. The van der Waals surface area contributed by atoms with Crippen molar-refractivity contribution in [1.29, 1.82) is 0 Å². The Kier molecular flexibility index (Phi) is 29.5. The van der Waals surface area contributed by atoms with Gasteiger partial charge in [0.05, 0.1) is 91.0 Å². The molecule has 2 aromatic heterocycles. The number of carbonyl (C=O) groups is 3. The minimum absolute atomic E-state index is 0.199. The van der Waals surface area contributed by atoms with Gasteiger partial charge >= 0.3 is 11.9 Å². The summed E-state index contributed by atoms with van der Waals surface area (Å²) in [5.74, 6) is -0.404. The lowest BCUT2D eigenvalue weighted by Crippen LogP contribution is -2.23. The predicted octanol–water partition coefficient (Wildman–Crippen LogP) is 4.74. The Morgan fingerprint density at radius 2 is 1.09 bits per heavy atom. The normalized spacial score (nSPS) is 11.4. The first-order valence-electron chi connectivity index (χ1n) is 20.0. The standard InChI is InChI=1S/C21H38N6O5.C17H29N3O6/c1-21(2,3)32-20(28)9-7-12-29-14-16-31-17-15-30-13-11-27-18-19(24-26-27)8-5-4-6-10-23-25-22;1-17(2,3)26-16(22)5-4-7-23-9-11-25-12-10-24-8-6-20-13-15(14-21)18-19-20/h18H,4-17H2,1-3H3;13-14H,4-12H2,1-3H3. The van der Waals surface area contributed by atoms with Crippen LogP contribution in [0, 0.1) is 0 Å². The first kappa shape index (κ1) is 52.0. The highest BCUT2D eigenvalue weighted by Gasteiger charge is 2.16. The van der Waals surface area contributed by atoms with Crippen LogP contribution in [0.5, 0.6) is 0 Å². The lowest BCUT2D eigenvalue weighted by molar-refractivity contribution is -0.156. The minimum atomic E-state index is -0.443. The average molecular weight is 826 g/mol. The third-order valence-corrected chi connectivity index (χ3v) is 7.11. The number of esters is 2. The number of azide groups is 1. The molecule has 0 aromatic carbocycles. The van der Waals surface area contributed by atoms with Crippen molar-refractivity contribution in [3.05, 3.63) is 34.2 Å². The number of unbranched alkanes of at least 4 members (excludes halogenated alkanes) is 2. The number of carbonyl (C=O) groups excluding carboxylic acids is 3. The third-order valence-electron chi connectivity index (χ3n) is 7.11. The zero-order chi connectivity index (χ0) is 42.7. The quantitative estimate of drug-likeness (QED) is 0.0236. The zero-order valence-electron chi connectivity index (χ0n) is 35.5. The van der Waals surface area contributed by atoms with Crippen molar-refractivity contribution in [2.75, 3.05) is 85.8 Å². The van der Waals surface area contributed by atoms with Gasteiger partial charge in [0.1, 0.15) is 16.9 Å². The second kappa shape index (κ2) is 32.9. The largest absolute Gasteiger partial charge is 0.460 e. The van der Waals surface area contributed by atoms with Gasteiger partial charge in [-0.15, -0.1) is 10.2 Å². The summed E-state index contributed by atoms with van der Waals surface area (Å²) in [6.07, 6.45) is 9.91. The van der Waals surface area contributed by atoms with E-state index in [4.69, 9.17) is 43.4 Å². The van der Waals surface area contributed by atoms with Crippen LogP contribution in [-0.4, -0.2) is 145 Å². The first-order valence-corrected chi connectivity index (χ1v) is 20.0. The molecule has 2 rings (SSSR count). The summed E-state index contributed by atoms with van der Waals surface area (Å²) < 4.78 is 46.4. The van der Waals surface area contributed by atoms with Gasteiger partial charge in [-0.05, 0) is 79.2 Å². The molecule has 2 aromatic rings. The third kappa shape index (κ3) is 33.0. The van der Waals surface area contributed by atoms with Crippen LogP contribution >= 0.6 is 0 Å².